The molecule has 0 saturated carbocycles. The summed E-state index contributed by atoms with van der Waals surface area (Å²) in [7, 11) is 0. The average Bonchev–Trinajstić information content (AvgIpc) is 3.26. The van der Waals surface area contributed by atoms with Gasteiger partial charge in [-0.3, -0.25) is 9.13 Å². The van der Waals surface area contributed by atoms with Crippen LogP contribution < -0.4 is 11.4 Å². The third-order valence-electron chi connectivity index (χ3n) is 4.90. The Labute approximate surface area is 179 Å². The minimum Gasteiger partial charge on any atom is -0.333 e. The number of unbranched alkanes of at least 4 members (excludes halogenated alkanes) is 1. The number of nitrogens with zero attached hydrogens (tertiary/aromatic N) is 4. The highest BCUT2D eigenvalue weighted by Crippen LogP contribution is 2.18. The summed E-state index contributed by atoms with van der Waals surface area (Å²) >= 11 is 0. The molecule has 0 aliphatic heterocycles. The molecule has 6 heteroatoms. The van der Waals surface area contributed by atoms with Crippen LogP contribution in [-0.4, -0.2) is 25.2 Å². The molecule has 1 aromatic carbocycles. The van der Waals surface area contributed by atoms with Crippen LogP contribution in [0.5, 0.6) is 0 Å². The molecule has 0 spiro atoms. The van der Waals surface area contributed by atoms with Crippen LogP contribution in [0.1, 0.15) is 58.1 Å². The Hall–Kier alpha value is -2.86. The van der Waals surface area contributed by atoms with Gasteiger partial charge >= 0.3 is 5.69 Å². The summed E-state index contributed by atoms with van der Waals surface area (Å²) in [6.45, 7) is 14.1. The monoisotopic (exact) mass is 409 g/mol. The molecule has 0 bridgehead atoms. The van der Waals surface area contributed by atoms with Gasteiger partial charge in [-0.05, 0) is 45.4 Å². The number of benzene rings is 1. The predicted octanol–water partition coefficient (Wildman–Crippen LogP) is 4.59. The molecule has 0 radical (unpaired) electrons. The van der Waals surface area contributed by atoms with Crippen LogP contribution >= 0.6 is 0 Å². The van der Waals surface area contributed by atoms with E-state index in [0.717, 1.165) is 41.9 Å². The zero-order valence-corrected chi connectivity index (χ0v) is 18.7. The summed E-state index contributed by atoms with van der Waals surface area (Å²) in [5.41, 5.74) is 7.84. The molecule has 162 valence electrons. The minimum atomic E-state index is 0.0152. The predicted molar refractivity (Wildman–Crippen MR) is 127 cm³/mol. The van der Waals surface area contributed by atoms with E-state index in [2.05, 4.69) is 23.1 Å². The first-order valence-electron chi connectivity index (χ1n) is 10.7. The average molecular weight is 410 g/mol. The van der Waals surface area contributed by atoms with Gasteiger partial charge in [-0.2, -0.15) is 0 Å². The number of rotatable bonds is 8. The molecule has 0 amide bonds. The molecule has 0 fully saturated rings. The molecule has 2 aromatic heterocycles. The van der Waals surface area contributed by atoms with Crippen molar-refractivity contribution in [3.63, 3.8) is 0 Å². The summed E-state index contributed by atoms with van der Waals surface area (Å²) in [5.74, 6) is 0.900. The Bertz CT molecular complexity index is 1040. The molecule has 30 heavy (non-hydrogen) atoms. The summed E-state index contributed by atoms with van der Waals surface area (Å²) in [5, 5.41) is 0. The lowest BCUT2D eigenvalue weighted by Gasteiger charge is -2.08. The number of fused-ring (bicyclic) bond motifs is 1. The van der Waals surface area contributed by atoms with E-state index in [0.29, 0.717) is 13.1 Å². The van der Waals surface area contributed by atoms with E-state index < -0.39 is 0 Å². The fraction of sp³-hybridized carbons (Fsp3) is 0.417. The van der Waals surface area contributed by atoms with Crippen LogP contribution in [-0.2, 0) is 13.1 Å². The topological polar surface area (TPSA) is 70.8 Å². The molecular formula is C24H35N5O. The van der Waals surface area contributed by atoms with E-state index in [1.165, 1.54) is 0 Å². The number of nitrogens with two attached hydrogens (primary N) is 1. The lowest BCUT2D eigenvalue weighted by molar-refractivity contribution is 0.554. The van der Waals surface area contributed by atoms with Gasteiger partial charge in [-0.25, -0.2) is 9.78 Å². The lowest BCUT2D eigenvalue weighted by atomic mass is 10.3. The lowest BCUT2D eigenvalue weighted by Crippen LogP contribution is -2.26. The normalized spacial score (nSPS) is 11.3. The van der Waals surface area contributed by atoms with Crippen molar-refractivity contribution in [1.82, 2.24) is 18.7 Å². The highest BCUT2D eigenvalue weighted by atomic mass is 16.1. The molecule has 0 aliphatic carbocycles. The van der Waals surface area contributed by atoms with Crippen LogP contribution in [0.3, 0.4) is 0 Å². The number of imidazole rings is 2. The fourth-order valence-electron chi connectivity index (χ4n) is 3.38. The second kappa shape index (κ2) is 11.4. The van der Waals surface area contributed by atoms with Crippen LogP contribution in [0, 0.1) is 0 Å². The van der Waals surface area contributed by atoms with Gasteiger partial charge in [0.1, 0.15) is 5.82 Å². The summed E-state index contributed by atoms with van der Waals surface area (Å²) in [6, 6.07) is 8.07. The molecule has 0 unspecified atom stereocenters. The summed E-state index contributed by atoms with van der Waals surface area (Å²) in [6.07, 6.45) is 9.81. The van der Waals surface area contributed by atoms with Gasteiger partial charge in [0.25, 0.3) is 0 Å². The Kier molecular flexibility index (Phi) is 8.87. The van der Waals surface area contributed by atoms with Crippen molar-refractivity contribution in [2.24, 2.45) is 5.73 Å². The van der Waals surface area contributed by atoms with Gasteiger partial charge < -0.3 is 10.3 Å². The summed E-state index contributed by atoms with van der Waals surface area (Å²) in [4.78, 5) is 17.7. The van der Waals surface area contributed by atoms with Crippen molar-refractivity contribution in [2.45, 2.75) is 59.7 Å². The highest BCUT2D eigenvalue weighted by molar-refractivity contribution is 5.76. The van der Waals surface area contributed by atoms with Crippen molar-refractivity contribution < 1.29 is 0 Å². The maximum Gasteiger partial charge on any atom is 0.329 e. The molecule has 0 atom stereocenters. The number of hydrogen-bond donors (Lipinski definition) is 1. The number of aryl methyl sites for hydroxylation is 1. The molecule has 2 N–H and O–H groups in total. The van der Waals surface area contributed by atoms with Gasteiger partial charge in [0, 0.05) is 25.3 Å². The third kappa shape index (κ3) is 5.39. The Morgan fingerprint density at radius 3 is 2.47 bits per heavy atom. The van der Waals surface area contributed by atoms with Crippen molar-refractivity contribution >= 4 is 17.1 Å². The molecule has 3 aromatic rings. The maximum absolute atomic E-state index is 13.0. The number of aromatic nitrogens is 4. The zero-order valence-electron chi connectivity index (χ0n) is 18.7. The van der Waals surface area contributed by atoms with Gasteiger partial charge in [0.15, 0.2) is 0 Å². The zero-order chi connectivity index (χ0) is 22.1. The van der Waals surface area contributed by atoms with Gasteiger partial charge in [0.2, 0.25) is 0 Å². The largest absolute Gasteiger partial charge is 0.333 e. The van der Waals surface area contributed by atoms with E-state index in [1.807, 2.05) is 72.5 Å². The smallest absolute Gasteiger partial charge is 0.329 e. The van der Waals surface area contributed by atoms with Gasteiger partial charge in [-0.15, -0.1) is 0 Å². The third-order valence-corrected chi connectivity index (χ3v) is 4.90. The SMILES string of the molecule is C/C=C\CN.C=Cc1cn(CCCC)c(Cn2c(=O)n(C(C)C)c3ccccc32)n1. The number of para-hydroxylation sites is 2. The van der Waals surface area contributed by atoms with Crippen LogP contribution in [0.4, 0.5) is 0 Å². The quantitative estimate of drug-likeness (QED) is 0.553. The van der Waals surface area contributed by atoms with E-state index in [1.54, 1.807) is 6.08 Å². The number of hydrogen-bond acceptors (Lipinski definition) is 3. The molecular weight excluding hydrogens is 374 g/mol. The van der Waals surface area contributed by atoms with Crippen LogP contribution in [0.25, 0.3) is 17.1 Å². The maximum atomic E-state index is 13.0. The Morgan fingerprint density at radius 1 is 1.23 bits per heavy atom. The number of allylic oxidation sites excluding steroid dienone is 1. The van der Waals surface area contributed by atoms with E-state index in [4.69, 9.17) is 5.73 Å². The molecule has 6 nitrogen and oxygen atoms in total. The van der Waals surface area contributed by atoms with E-state index in [-0.39, 0.29) is 11.7 Å². The van der Waals surface area contributed by atoms with Gasteiger partial charge in [0.05, 0.1) is 23.3 Å². The first kappa shape index (κ1) is 23.4. The second-order valence-electron chi connectivity index (χ2n) is 7.46. The van der Waals surface area contributed by atoms with Crippen molar-refractivity contribution in [3.8, 4) is 0 Å². The molecule has 0 saturated heterocycles. The fourth-order valence-corrected chi connectivity index (χ4v) is 3.38. The Balaban J connectivity index is 0.000000575. The van der Waals surface area contributed by atoms with E-state index in [9.17, 15) is 4.79 Å². The van der Waals surface area contributed by atoms with E-state index >= 15 is 0 Å². The van der Waals surface area contributed by atoms with Crippen molar-refractivity contribution in [1.29, 1.82) is 0 Å². The first-order chi connectivity index (χ1) is 14.5. The van der Waals surface area contributed by atoms with Crippen molar-refractivity contribution in [2.75, 3.05) is 6.54 Å². The van der Waals surface area contributed by atoms with Gasteiger partial charge in [-0.1, -0.05) is 44.2 Å². The van der Waals surface area contributed by atoms with Crippen molar-refractivity contribution in [3.05, 3.63) is 71.2 Å². The summed E-state index contributed by atoms with van der Waals surface area (Å²) < 4.78 is 5.82. The highest BCUT2D eigenvalue weighted by Gasteiger charge is 2.17. The molecule has 2 heterocycles. The second-order valence-corrected chi connectivity index (χ2v) is 7.46. The minimum absolute atomic E-state index is 0.0152. The molecule has 3 rings (SSSR count). The van der Waals surface area contributed by atoms with Crippen LogP contribution in [0.2, 0.25) is 0 Å². The standard InChI is InChI=1S/C20H26N4O.C4H9N/c1-5-7-12-22-13-16(6-2)21-19(22)14-23-17-10-8-9-11-18(17)24(15(3)4)20(23)25;1-2-3-4-5/h6,8-11,13,15H,2,5,7,12,14H2,1,3-4H3;2-3H,4-5H2,1H3/b;3-2-. The van der Waals surface area contributed by atoms with Crippen LogP contribution in [0.15, 0.2) is 54.0 Å². The molecule has 0 aliphatic rings. The Morgan fingerprint density at radius 2 is 1.93 bits per heavy atom. The first-order valence-corrected chi connectivity index (χ1v) is 10.7.